The summed E-state index contributed by atoms with van der Waals surface area (Å²) in [5.74, 6) is 0.268. The van der Waals surface area contributed by atoms with Crippen molar-refractivity contribution in [3.05, 3.63) is 40.9 Å². The van der Waals surface area contributed by atoms with Crippen molar-refractivity contribution in [1.29, 1.82) is 0 Å². The van der Waals surface area contributed by atoms with Crippen LogP contribution in [0.4, 0.5) is 4.79 Å². The van der Waals surface area contributed by atoms with Crippen LogP contribution in [0.3, 0.4) is 0 Å². The molecule has 2 N–H and O–H groups in total. The third-order valence-electron chi connectivity index (χ3n) is 4.27. The molecule has 142 valence electrons. The maximum absolute atomic E-state index is 12.2. The van der Waals surface area contributed by atoms with E-state index >= 15 is 0 Å². The number of urea groups is 1. The van der Waals surface area contributed by atoms with Crippen LogP contribution in [0.2, 0.25) is 5.02 Å². The molecular weight excluding hydrogens is 350 g/mol. The van der Waals surface area contributed by atoms with Crippen LogP contribution in [0, 0.1) is 5.92 Å². The van der Waals surface area contributed by atoms with Crippen LogP contribution in [0.15, 0.2) is 30.3 Å². The molecule has 1 aliphatic heterocycles. The minimum atomic E-state index is -0.226. The lowest BCUT2D eigenvalue weighted by atomic mass is 9.97. The molecule has 0 unspecified atom stereocenters. The van der Waals surface area contributed by atoms with E-state index in [0.29, 0.717) is 17.5 Å². The molecule has 1 aromatic rings. The van der Waals surface area contributed by atoms with E-state index in [-0.39, 0.29) is 17.5 Å². The number of piperidine rings is 1. The number of carbonyl (C=O) groups is 2. The summed E-state index contributed by atoms with van der Waals surface area (Å²) >= 11 is 6.07. The minimum Gasteiger partial charge on any atom is -0.352 e. The van der Waals surface area contributed by atoms with Crippen LogP contribution < -0.4 is 10.6 Å². The van der Waals surface area contributed by atoms with Gasteiger partial charge in [-0.25, -0.2) is 4.79 Å². The lowest BCUT2D eigenvalue weighted by molar-refractivity contribution is -0.116. The van der Waals surface area contributed by atoms with E-state index in [1.54, 1.807) is 12.1 Å². The molecule has 6 heteroatoms. The zero-order valence-corrected chi connectivity index (χ0v) is 16.5. The third-order valence-corrected chi connectivity index (χ3v) is 4.61. The summed E-state index contributed by atoms with van der Waals surface area (Å²) < 4.78 is 0. The minimum absolute atomic E-state index is 0.0114. The van der Waals surface area contributed by atoms with Gasteiger partial charge in [0.25, 0.3) is 0 Å². The van der Waals surface area contributed by atoms with Gasteiger partial charge in [0.2, 0.25) is 5.91 Å². The summed E-state index contributed by atoms with van der Waals surface area (Å²) in [5.41, 5.74) is 0.595. The zero-order chi connectivity index (χ0) is 19.2. The summed E-state index contributed by atoms with van der Waals surface area (Å²) in [6.45, 7) is 7.99. The maximum atomic E-state index is 12.2. The van der Waals surface area contributed by atoms with Crippen molar-refractivity contribution < 1.29 is 9.59 Å². The van der Waals surface area contributed by atoms with Crippen molar-refractivity contribution in [1.82, 2.24) is 15.5 Å². The van der Waals surface area contributed by atoms with Crippen LogP contribution in [0.1, 0.15) is 39.2 Å². The highest BCUT2D eigenvalue weighted by Gasteiger charge is 2.25. The second-order valence-corrected chi connectivity index (χ2v) is 8.12. The molecular formula is C20H28ClN3O2. The summed E-state index contributed by atoms with van der Waals surface area (Å²) in [4.78, 5) is 26.0. The third kappa shape index (κ3) is 6.71. The van der Waals surface area contributed by atoms with Gasteiger partial charge in [-0.3, -0.25) is 4.79 Å². The second kappa shape index (κ2) is 9.08. The number of hydrogen-bond acceptors (Lipinski definition) is 2. The van der Waals surface area contributed by atoms with Crippen molar-refractivity contribution in [2.45, 2.75) is 39.2 Å². The molecule has 1 aliphatic rings. The average Bonchev–Trinajstić information content (AvgIpc) is 2.58. The number of likely N-dealkylation sites (tertiary alicyclic amines) is 1. The smallest absolute Gasteiger partial charge is 0.317 e. The first-order valence-corrected chi connectivity index (χ1v) is 9.40. The summed E-state index contributed by atoms with van der Waals surface area (Å²) in [6, 6.07) is 7.39. The quantitative estimate of drug-likeness (QED) is 0.786. The van der Waals surface area contributed by atoms with Crippen LogP contribution in [-0.2, 0) is 4.79 Å². The fourth-order valence-corrected chi connectivity index (χ4v) is 3.02. The molecule has 0 spiro atoms. The topological polar surface area (TPSA) is 61.4 Å². The molecule has 1 aromatic carbocycles. The first-order chi connectivity index (χ1) is 12.2. The maximum Gasteiger partial charge on any atom is 0.317 e. The Kier molecular flexibility index (Phi) is 7.09. The number of benzene rings is 1. The van der Waals surface area contributed by atoms with Gasteiger partial charge in [0.15, 0.2) is 0 Å². The van der Waals surface area contributed by atoms with E-state index in [9.17, 15) is 9.59 Å². The van der Waals surface area contributed by atoms with Crippen molar-refractivity contribution >= 4 is 29.6 Å². The lowest BCUT2D eigenvalue weighted by Crippen LogP contribution is -2.51. The molecule has 3 amide bonds. The first-order valence-electron chi connectivity index (χ1n) is 9.02. The van der Waals surface area contributed by atoms with Crippen molar-refractivity contribution in [3.8, 4) is 0 Å². The Morgan fingerprint density at radius 1 is 1.23 bits per heavy atom. The Morgan fingerprint density at radius 3 is 2.50 bits per heavy atom. The summed E-state index contributed by atoms with van der Waals surface area (Å²) in [7, 11) is 0. The van der Waals surface area contributed by atoms with Gasteiger partial charge in [-0.1, -0.05) is 29.8 Å². The predicted octanol–water partition coefficient (Wildman–Crippen LogP) is 3.69. The largest absolute Gasteiger partial charge is 0.352 e. The zero-order valence-electron chi connectivity index (χ0n) is 15.7. The molecule has 1 heterocycles. The van der Waals surface area contributed by atoms with Crippen molar-refractivity contribution in [2.24, 2.45) is 5.92 Å². The van der Waals surface area contributed by atoms with Gasteiger partial charge in [-0.2, -0.15) is 0 Å². The first kappa shape index (κ1) is 20.3. The van der Waals surface area contributed by atoms with E-state index in [1.807, 2.05) is 43.9 Å². The Hall–Kier alpha value is -2.01. The fraction of sp³-hybridized carbons (Fsp3) is 0.500. The van der Waals surface area contributed by atoms with E-state index in [0.717, 1.165) is 31.5 Å². The van der Waals surface area contributed by atoms with E-state index in [1.165, 1.54) is 6.08 Å². The van der Waals surface area contributed by atoms with Crippen LogP contribution in [0.5, 0.6) is 0 Å². The Labute approximate surface area is 160 Å². The molecule has 0 atom stereocenters. The number of halogens is 1. The molecule has 2 rings (SSSR count). The van der Waals surface area contributed by atoms with Gasteiger partial charge in [-0.15, -0.1) is 0 Å². The molecule has 1 saturated heterocycles. The van der Waals surface area contributed by atoms with E-state index in [4.69, 9.17) is 11.6 Å². The molecule has 1 fully saturated rings. The van der Waals surface area contributed by atoms with Crippen LogP contribution in [0.25, 0.3) is 6.08 Å². The number of rotatable bonds is 4. The van der Waals surface area contributed by atoms with Gasteiger partial charge in [0, 0.05) is 36.3 Å². The molecule has 0 radical (unpaired) electrons. The number of nitrogens with zero attached hydrogens (tertiary/aromatic N) is 1. The molecule has 0 aliphatic carbocycles. The second-order valence-electron chi connectivity index (χ2n) is 7.71. The Bertz CT molecular complexity index is 659. The highest BCUT2D eigenvalue weighted by molar-refractivity contribution is 6.32. The SMILES string of the molecule is CC(C)(C)NC(=O)N1CCC(CNC(=O)/C=C/c2ccccc2Cl)CC1. The molecule has 0 bridgehead atoms. The average molecular weight is 378 g/mol. The molecule has 5 nitrogen and oxygen atoms in total. The predicted molar refractivity (Wildman–Crippen MR) is 106 cm³/mol. The molecule has 0 aromatic heterocycles. The highest BCUT2D eigenvalue weighted by atomic mass is 35.5. The van der Waals surface area contributed by atoms with Gasteiger partial charge in [-0.05, 0) is 57.2 Å². The fourth-order valence-electron chi connectivity index (χ4n) is 2.82. The van der Waals surface area contributed by atoms with Crippen LogP contribution >= 0.6 is 11.6 Å². The highest BCUT2D eigenvalue weighted by Crippen LogP contribution is 2.18. The van der Waals surface area contributed by atoms with Gasteiger partial charge in [0.1, 0.15) is 0 Å². The Morgan fingerprint density at radius 2 is 1.88 bits per heavy atom. The number of carbonyl (C=O) groups excluding carboxylic acids is 2. The molecule has 0 saturated carbocycles. The lowest BCUT2D eigenvalue weighted by Gasteiger charge is -2.34. The van der Waals surface area contributed by atoms with Crippen LogP contribution in [-0.4, -0.2) is 42.0 Å². The van der Waals surface area contributed by atoms with Gasteiger partial charge in [0.05, 0.1) is 0 Å². The summed E-state index contributed by atoms with van der Waals surface area (Å²) in [5, 5.41) is 6.55. The Balaban J connectivity index is 1.72. The summed E-state index contributed by atoms with van der Waals surface area (Å²) in [6.07, 6.45) is 5.02. The standard InChI is InChI=1S/C20H28ClN3O2/c1-20(2,3)23-19(26)24-12-10-15(11-13-24)14-22-18(25)9-8-16-6-4-5-7-17(16)21/h4-9,15H,10-14H2,1-3H3,(H,22,25)(H,23,26)/b9-8+. The van der Waals surface area contributed by atoms with Crippen molar-refractivity contribution in [3.63, 3.8) is 0 Å². The van der Waals surface area contributed by atoms with Crippen molar-refractivity contribution in [2.75, 3.05) is 19.6 Å². The van der Waals surface area contributed by atoms with Gasteiger partial charge < -0.3 is 15.5 Å². The molecule has 26 heavy (non-hydrogen) atoms. The number of nitrogens with one attached hydrogen (secondary N) is 2. The van der Waals surface area contributed by atoms with Gasteiger partial charge >= 0.3 is 6.03 Å². The number of amides is 3. The van der Waals surface area contributed by atoms with E-state index < -0.39 is 0 Å². The number of hydrogen-bond donors (Lipinski definition) is 2. The normalized spacial score (nSPS) is 15.9. The van der Waals surface area contributed by atoms with E-state index in [2.05, 4.69) is 10.6 Å². The monoisotopic (exact) mass is 377 g/mol.